The quantitative estimate of drug-likeness (QED) is 0.484. The highest BCUT2D eigenvalue weighted by Gasteiger charge is 2.41. The SMILES string of the molecule is COc1cc([C@@H](C(=O)N2CCCC[C@H]2C(=O)OC2CCOCC2)C2CCCCC2)cc(OC)c1OC. The Morgan fingerprint density at radius 3 is 2.11 bits per heavy atom. The van der Waals surface area contributed by atoms with Crippen molar-refractivity contribution in [2.24, 2.45) is 5.92 Å². The van der Waals surface area contributed by atoms with Gasteiger partial charge < -0.3 is 28.6 Å². The van der Waals surface area contributed by atoms with Crippen LogP contribution in [0.1, 0.15) is 75.7 Å². The monoisotopic (exact) mass is 503 g/mol. The second kappa shape index (κ2) is 12.7. The Bertz CT molecular complexity index is 867. The fourth-order valence-electron chi connectivity index (χ4n) is 6.02. The second-order valence-corrected chi connectivity index (χ2v) is 10.1. The van der Waals surface area contributed by atoms with Crippen LogP contribution >= 0.6 is 0 Å². The summed E-state index contributed by atoms with van der Waals surface area (Å²) in [7, 11) is 4.75. The average Bonchev–Trinajstić information content (AvgIpc) is 2.93. The molecule has 3 aliphatic rings. The van der Waals surface area contributed by atoms with Crippen LogP contribution in [-0.4, -0.2) is 70.0 Å². The van der Waals surface area contributed by atoms with E-state index in [0.29, 0.717) is 56.3 Å². The molecule has 0 radical (unpaired) electrons. The largest absolute Gasteiger partial charge is 0.493 e. The van der Waals surface area contributed by atoms with E-state index < -0.39 is 6.04 Å². The van der Waals surface area contributed by atoms with E-state index in [1.165, 1.54) is 6.42 Å². The third-order valence-corrected chi connectivity index (χ3v) is 7.94. The van der Waals surface area contributed by atoms with Crippen molar-refractivity contribution in [1.82, 2.24) is 4.90 Å². The Morgan fingerprint density at radius 2 is 1.50 bits per heavy atom. The van der Waals surface area contributed by atoms with Crippen molar-refractivity contribution in [3.05, 3.63) is 17.7 Å². The van der Waals surface area contributed by atoms with Crippen molar-refractivity contribution in [1.29, 1.82) is 0 Å². The van der Waals surface area contributed by atoms with Crippen LogP contribution in [-0.2, 0) is 19.1 Å². The fraction of sp³-hybridized carbons (Fsp3) is 0.714. The van der Waals surface area contributed by atoms with Gasteiger partial charge in [0.15, 0.2) is 11.5 Å². The first-order valence-electron chi connectivity index (χ1n) is 13.5. The maximum atomic E-state index is 14.3. The number of hydrogen-bond acceptors (Lipinski definition) is 7. The standard InChI is InChI=1S/C28H41NO7/c1-32-23-17-20(18-24(33-2)26(23)34-3)25(19-9-5-4-6-10-19)27(30)29-14-8-7-11-22(29)28(31)36-21-12-15-35-16-13-21/h17-19,21-22,25H,4-16H2,1-3H3/t22-,25-/m0/s1. The fourth-order valence-corrected chi connectivity index (χ4v) is 6.02. The maximum absolute atomic E-state index is 14.3. The first-order chi connectivity index (χ1) is 17.6. The number of ether oxygens (including phenoxy) is 5. The van der Waals surface area contributed by atoms with Gasteiger partial charge in [-0.2, -0.15) is 0 Å². The number of likely N-dealkylation sites (tertiary alicyclic amines) is 1. The lowest BCUT2D eigenvalue weighted by atomic mass is 9.75. The van der Waals surface area contributed by atoms with E-state index in [-0.39, 0.29) is 29.8 Å². The predicted octanol–water partition coefficient (Wildman–Crippen LogP) is 4.48. The molecule has 1 aliphatic carbocycles. The van der Waals surface area contributed by atoms with Gasteiger partial charge in [-0.25, -0.2) is 4.79 Å². The van der Waals surface area contributed by atoms with E-state index in [4.69, 9.17) is 23.7 Å². The molecule has 4 rings (SSSR count). The number of benzene rings is 1. The molecule has 2 aliphatic heterocycles. The molecule has 200 valence electrons. The van der Waals surface area contributed by atoms with Crippen LogP contribution in [0.5, 0.6) is 17.2 Å². The molecule has 1 aromatic carbocycles. The number of piperidine rings is 1. The molecule has 0 unspecified atom stereocenters. The molecule has 1 aromatic rings. The summed E-state index contributed by atoms with van der Waals surface area (Å²) in [5, 5.41) is 0. The number of rotatable bonds is 8. The van der Waals surface area contributed by atoms with Crippen molar-refractivity contribution in [3.63, 3.8) is 0 Å². The molecule has 0 bridgehead atoms. The van der Waals surface area contributed by atoms with Gasteiger partial charge in [-0.15, -0.1) is 0 Å². The first-order valence-corrected chi connectivity index (χ1v) is 13.5. The number of nitrogens with zero attached hydrogens (tertiary/aromatic N) is 1. The van der Waals surface area contributed by atoms with Gasteiger partial charge in [0.25, 0.3) is 0 Å². The third kappa shape index (κ3) is 5.90. The molecule has 2 atom stereocenters. The van der Waals surface area contributed by atoms with Crippen molar-refractivity contribution in [2.75, 3.05) is 41.1 Å². The molecule has 0 N–H and O–H groups in total. The van der Waals surface area contributed by atoms with Gasteiger partial charge in [0.1, 0.15) is 12.1 Å². The molecular weight excluding hydrogens is 462 g/mol. The molecule has 36 heavy (non-hydrogen) atoms. The van der Waals surface area contributed by atoms with Gasteiger partial charge in [0, 0.05) is 19.4 Å². The molecule has 1 amide bonds. The smallest absolute Gasteiger partial charge is 0.329 e. The lowest BCUT2D eigenvalue weighted by molar-refractivity contribution is -0.165. The Labute approximate surface area is 214 Å². The van der Waals surface area contributed by atoms with Gasteiger partial charge in [0.2, 0.25) is 11.7 Å². The van der Waals surface area contributed by atoms with E-state index in [9.17, 15) is 9.59 Å². The van der Waals surface area contributed by atoms with E-state index in [1.807, 2.05) is 12.1 Å². The highest BCUT2D eigenvalue weighted by molar-refractivity contribution is 5.89. The normalized spacial score (nSPS) is 22.5. The second-order valence-electron chi connectivity index (χ2n) is 10.1. The zero-order chi connectivity index (χ0) is 25.5. The average molecular weight is 504 g/mol. The summed E-state index contributed by atoms with van der Waals surface area (Å²) in [4.78, 5) is 29.4. The number of esters is 1. The minimum absolute atomic E-state index is 0.00444. The van der Waals surface area contributed by atoms with Crippen molar-refractivity contribution in [2.45, 2.75) is 82.3 Å². The van der Waals surface area contributed by atoms with E-state index in [1.54, 1.807) is 26.2 Å². The third-order valence-electron chi connectivity index (χ3n) is 7.94. The summed E-state index contributed by atoms with van der Waals surface area (Å²) in [6, 6.07) is 3.26. The summed E-state index contributed by atoms with van der Waals surface area (Å²) in [6.07, 6.45) is 9.10. The molecule has 2 saturated heterocycles. The van der Waals surface area contributed by atoms with Crippen LogP contribution in [0, 0.1) is 5.92 Å². The molecule has 8 heteroatoms. The maximum Gasteiger partial charge on any atom is 0.329 e. The van der Waals surface area contributed by atoms with Crippen LogP contribution in [0.2, 0.25) is 0 Å². The topological polar surface area (TPSA) is 83.5 Å². The summed E-state index contributed by atoms with van der Waals surface area (Å²) in [5.41, 5.74) is 0.850. The molecule has 0 aromatic heterocycles. The summed E-state index contributed by atoms with van der Waals surface area (Å²) < 4.78 is 28.0. The molecule has 8 nitrogen and oxygen atoms in total. The number of amides is 1. The highest BCUT2D eigenvalue weighted by Crippen LogP contribution is 2.45. The van der Waals surface area contributed by atoms with Gasteiger partial charge in [0.05, 0.1) is 40.5 Å². The van der Waals surface area contributed by atoms with E-state index >= 15 is 0 Å². The zero-order valence-electron chi connectivity index (χ0n) is 22.0. The minimum atomic E-state index is -0.540. The lowest BCUT2D eigenvalue weighted by Crippen LogP contribution is -2.52. The van der Waals surface area contributed by atoms with Crippen LogP contribution < -0.4 is 14.2 Å². The minimum Gasteiger partial charge on any atom is -0.493 e. The molecule has 0 spiro atoms. The van der Waals surface area contributed by atoms with Crippen LogP contribution in [0.25, 0.3) is 0 Å². The number of methoxy groups -OCH3 is 3. The van der Waals surface area contributed by atoms with Crippen molar-refractivity contribution in [3.8, 4) is 17.2 Å². The number of carbonyl (C=O) groups is 2. The number of hydrogen-bond donors (Lipinski definition) is 0. The van der Waals surface area contributed by atoms with Gasteiger partial charge in [-0.1, -0.05) is 19.3 Å². The molecule has 1 saturated carbocycles. The first kappa shape index (κ1) is 26.6. The molecular formula is C28H41NO7. The van der Waals surface area contributed by atoms with Crippen molar-refractivity contribution >= 4 is 11.9 Å². The van der Waals surface area contributed by atoms with Gasteiger partial charge >= 0.3 is 5.97 Å². The van der Waals surface area contributed by atoms with Gasteiger partial charge in [-0.3, -0.25) is 4.79 Å². The molecule has 2 heterocycles. The Balaban J connectivity index is 1.64. The van der Waals surface area contributed by atoms with E-state index in [0.717, 1.165) is 44.1 Å². The van der Waals surface area contributed by atoms with Crippen molar-refractivity contribution < 1.29 is 33.3 Å². The zero-order valence-corrected chi connectivity index (χ0v) is 22.0. The lowest BCUT2D eigenvalue weighted by Gasteiger charge is -2.40. The molecule has 3 fully saturated rings. The Kier molecular flexibility index (Phi) is 9.35. The summed E-state index contributed by atoms with van der Waals surface area (Å²) >= 11 is 0. The van der Waals surface area contributed by atoms with Crippen LogP contribution in [0.4, 0.5) is 0 Å². The van der Waals surface area contributed by atoms with Crippen LogP contribution in [0.15, 0.2) is 12.1 Å². The van der Waals surface area contributed by atoms with E-state index in [2.05, 4.69) is 0 Å². The highest BCUT2D eigenvalue weighted by atomic mass is 16.6. The Hall–Kier alpha value is -2.48. The summed E-state index contributed by atoms with van der Waals surface area (Å²) in [5.74, 6) is 1.13. The van der Waals surface area contributed by atoms with Gasteiger partial charge in [-0.05, 0) is 55.7 Å². The van der Waals surface area contributed by atoms with Crippen LogP contribution in [0.3, 0.4) is 0 Å². The number of carbonyl (C=O) groups excluding carboxylic acids is 2. The predicted molar refractivity (Wildman–Crippen MR) is 135 cm³/mol. The summed E-state index contributed by atoms with van der Waals surface area (Å²) in [6.45, 7) is 1.78. The Morgan fingerprint density at radius 1 is 0.861 bits per heavy atom.